The summed E-state index contributed by atoms with van der Waals surface area (Å²) in [6, 6.07) is 13.2. The second kappa shape index (κ2) is 5.58. The Kier molecular flexibility index (Phi) is 3.62. The van der Waals surface area contributed by atoms with Crippen molar-refractivity contribution in [1.29, 1.82) is 0 Å². The number of hydrogen-bond acceptors (Lipinski definition) is 2. The molecule has 3 rings (SSSR count). The van der Waals surface area contributed by atoms with Crippen molar-refractivity contribution in [1.82, 2.24) is 14.9 Å². The van der Waals surface area contributed by atoms with Gasteiger partial charge in [-0.1, -0.05) is 29.8 Å². The average molecular weight is 300 g/mol. The van der Waals surface area contributed by atoms with Crippen LogP contribution in [0.2, 0.25) is 5.02 Å². The van der Waals surface area contributed by atoms with Gasteiger partial charge in [-0.15, -0.1) is 0 Å². The molecule has 0 saturated carbocycles. The Bertz CT molecular complexity index is 810. The van der Waals surface area contributed by atoms with E-state index >= 15 is 0 Å². The maximum absolute atomic E-state index is 12.2. The van der Waals surface area contributed by atoms with Crippen LogP contribution in [0.15, 0.2) is 48.7 Å². The molecule has 0 bridgehead atoms. The molecule has 0 atom stereocenters. The fourth-order valence-corrected chi connectivity index (χ4v) is 2.43. The molecule has 0 aliphatic heterocycles. The highest BCUT2D eigenvalue weighted by Crippen LogP contribution is 2.20. The first kappa shape index (κ1) is 13.6. The van der Waals surface area contributed by atoms with Crippen LogP contribution in [0.4, 0.5) is 0 Å². The minimum absolute atomic E-state index is 0.254. The number of aromatic nitrogens is 2. The number of nitrogens with one attached hydrogen (secondary N) is 1. The molecule has 2 heterocycles. The minimum atomic E-state index is -0.271. The van der Waals surface area contributed by atoms with Crippen molar-refractivity contribution in [3.05, 3.63) is 65.1 Å². The zero-order valence-electron chi connectivity index (χ0n) is 11.5. The van der Waals surface area contributed by atoms with Crippen molar-refractivity contribution in [2.75, 3.05) is 0 Å². The van der Waals surface area contributed by atoms with Crippen molar-refractivity contribution in [3.8, 4) is 0 Å². The van der Waals surface area contributed by atoms with E-state index in [1.54, 1.807) is 6.07 Å². The van der Waals surface area contributed by atoms with E-state index in [-0.39, 0.29) is 11.6 Å². The van der Waals surface area contributed by atoms with Gasteiger partial charge in [0.1, 0.15) is 5.69 Å². The fraction of sp³-hybridized carbons (Fsp3) is 0.125. The summed E-state index contributed by atoms with van der Waals surface area (Å²) in [5.74, 6) is -0.271. The molecule has 0 unspecified atom stereocenters. The predicted octanol–water partition coefficient (Wildman–Crippen LogP) is 3.16. The van der Waals surface area contributed by atoms with E-state index in [0.717, 1.165) is 16.6 Å². The molecule has 2 aromatic heterocycles. The van der Waals surface area contributed by atoms with Gasteiger partial charge in [0.25, 0.3) is 5.91 Å². The lowest BCUT2D eigenvalue weighted by atomic mass is 10.2. The van der Waals surface area contributed by atoms with Crippen molar-refractivity contribution in [2.24, 2.45) is 7.05 Å². The van der Waals surface area contributed by atoms with Gasteiger partial charge in [-0.3, -0.25) is 4.79 Å². The van der Waals surface area contributed by atoms with E-state index in [0.29, 0.717) is 11.6 Å². The van der Waals surface area contributed by atoms with E-state index in [1.807, 2.05) is 54.2 Å². The van der Waals surface area contributed by atoms with Crippen LogP contribution < -0.4 is 5.32 Å². The quantitative estimate of drug-likeness (QED) is 0.807. The van der Waals surface area contributed by atoms with Crippen LogP contribution in [-0.2, 0) is 13.6 Å². The van der Waals surface area contributed by atoms with E-state index in [2.05, 4.69) is 10.3 Å². The number of fused-ring (bicyclic) bond motifs is 1. The smallest absolute Gasteiger partial charge is 0.271 e. The molecule has 4 nitrogen and oxygen atoms in total. The Morgan fingerprint density at radius 3 is 2.86 bits per heavy atom. The number of amides is 1. The largest absolute Gasteiger partial charge is 0.353 e. The molecule has 1 aromatic carbocycles. The Morgan fingerprint density at radius 1 is 1.29 bits per heavy atom. The zero-order valence-corrected chi connectivity index (χ0v) is 12.3. The number of carbonyl (C=O) groups is 1. The standard InChI is InChI=1S/C16H14ClN3O/c1-20-8-4-6-12(20)10-18-16(21)15-13(17)9-11-5-2-3-7-14(11)19-15/h2-9H,10H2,1H3,(H,18,21). The van der Waals surface area contributed by atoms with Gasteiger partial charge in [-0.25, -0.2) is 4.98 Å². The van der Waals surface area contributed by atoms with Gasteiger partial charge in [-0.2, -0.15) is 0 Å². The molecule has 1 amide bonds. The normalized spacial score (nSPS) is 10.8. The Labute approximate surface area is 127 Å². The second-order valence-corrected chi connectivity index (χ2v) is 5.21. The van der Waals surface area contributed by atoms with Gasteiger partial charge in [-0.05, 0) is 24.3 Å². The van der Waals surface area contributed by atoms with E-state index < -0.39 is 0 Å². The summed E-state index contributed by atoms with van der Waals surface area (Å²) >= 11 is 6.16. The number of pyridine rings is 1. The highest BCUT2D eigenvalue weighted by atomic mass is 35.5. The number of para-hydroxylation sites is 1. The molecular formula is C16H14ClN3O. The first-order valence-corrected chi connectivity index (χ1v) is 6.96. The fourth-order valence-electron chi connectivity index (χ4n) is 2.18. The lowest BCUT2D eigenvalue weighted by Gasteiger charge is -2.08. The van der Waals surface area contributed by atoms with E-state index in [1.165, 1.54) is 0 Å². The molecule has 21 heavy (non-hydrogen) atoms. The second-order valence-electron chi connectivity index (χ2n) is 4.80. The van der Waals surface area contributed by atoms with Gasteiger partial charge in [0.05, 0.1) is 17.1 Å². The monoisotopic (exact) mass is 299 g/mol. The molecule has 0 spiro atoms. The van der Waals surface area contributed by atoms with Crippen LogP contribution in [0.1, 0.15) is 16.2 Å². The molecule has 0 fully saturated rings. The van der Waals surface area contributed by atoms with Crippen LogP contribution in [0.3, 0.4) is 0 Å². The Hall–Kier alpha value is -2.33. The van der Waals surface area contributed by atoms with Gasteiger partial charge in [0, 0.05) is 24.3 Å². The number of benzene rings is 1. The molecule has 3 aromatic rings. The third-order valence-corrected chi connectivity index (χ3v) is 3.66. The summed E-state index contributed by atoms with van der Waals surface area (Å²) in [5.41, 5.74) is 2.02. The van der Waals surface area contributed by atoms with Gasteiger partial charge < -0.3 is 9.88 Å². The minimum Gasteiger partial charge on any atom is -0.353 e. The van der Waals surface area contributed by atoms with Crippen molar-refractivity contribution >= 4 is 28.4 Å². The number of aryl methyl sites for hydroxylation is 1. The molecular weight excluding hydrogens is 286 g/mol. The van der Waals surface area contributed by atoms with E-state index in [9.17, 15) is 4.79 Å². The molecule has 0 aliphatic carbocycles. The predicted molar refractivity (Wildman–Crippen MR) is 83.3 cm³/mol. The van der Waals surface area contributed by atoms with Crippen LogP contribution in [0.25, 0.3) is 10.9 Å². The van der Waals surface area contributed by atoms with Crippen molar-refractivity contribution in [2.45, 2.75) is 6.54 Å². The zero-order chi connectivity index (χ0) is 14.8. The van der Waals surface area contributed by atoms with Crippen LogP contribution in [0.5, 0.6) is 0 Å². The molecule has 0 radical (unpaired) electrons. The average Bonchev–Trinajstić information content (AvgIpc) is 2.89. The van der Waals surface area contributed by atoms with Crippen LogP contribution in [-0.4, -0.2) is 15.5 Å². The summed E-state index contributed by atoms with van der Waals surface area (Å²) in [4.78, 5) is 16.6. The van der Waals surface area contributed by atoms with E-state index in [4.69, 9.17) is 11.6 Å². The number of halogens is 1. The van der Waals surface area contributed by atoms with Crippen LogP contribution in [0, 0.1) is 0 Å². The molecule has 5 heteroatoms. The first-order chi connectivity index (χ1) is 10.1. The molecule has 0 saturated heterocycles. The first-order valence-electron chi connectivity index (χ1n) is 6.59. The Morgan fingerprint density at radius 2 is 2.10 bits per heavy atom. The summed E-state index contributed by atoms with van der Waals surface area (Å²) < 4.78 is 1.95. The SMILES string of the molecule is Cn1cccc1CNC(=O)c1nc2ccccc2cc1Cl. The van der Waals surface area contributed by atoms with Crippen molar-refractivity contribution in [3.63, 3.8) is 0 Å². The number of rotatable bonds is 3. The lowest BCUT2D eigenvalue weighted by Crippen LogP contribution is -2.25. The highest BCUT2D eigenvalue weighted by Gasteiger charge is 2.13. The van der Waals surface area contributed by atoms with Gasteiger partial charge in [0.15, 0.2) is 0 Å². The highest BCUT2D eigenvalue weighted by molar-refractivity contribution is 6.34. The summed E-state index contributed by atoms with van der Waals surface area (Å²) in [7, 11) is 1.93. The van der Waals surface area contributed by atoms with Crippen LogP contribution >= 0.6 is 11.6 Å². The number of carbonyl (C=O) groups excluding carboxylic acids is 1. The summed E-state index contributed by atoms with van der Waals surface area (Å²) in [5, 5.41) is 4.12. The maximum atomic E-state index is 12.2. The third-order valence-electron chi connectivity index (χ3n) is 3.37. The molecule has 106 valence electrons. The lowest BCUT2D eigenvalue weighted by molar-refractivity contribution is 0.0945. The number of nitrogens with zero attached hydrogens (tertiary/aromatic N) is 2. The van der Waals surface area contributed by atoms with Crippen molar-refractivity contribution < 1.29 is 4.79 Å². The summed E-state index contributed by atoms with van der Waals surface area (Å²) in [6.45, 7) is 0.438. The van der Waals surface area contributed by atoms with Gasteiger partial charge in [0.2, 0.25) is 0 Å². The Balaban J connectivity index is 1.84. The summed E-state index contributed by atoms with van der Waals surface area (Å²) in [6.07, 6.45) is 1.93. The van der Waals surface area contributed by atoms with Gasteiger partial charge >= 0.3 is 0 Å². The molecule has 1 N–H and O–H groups in total. The third kappa shape index (κ3) is 2.76. The topological polar surface area (TPSA) is 46.9 Å². The molecule has 0 aliphatic rings. The maximum Gasteiger partial charge on any atom is 0.271 e. The number of hydrogen-bond donors (Lipinski definition) is 1.